The van der Waals surface area contributed by atoms with Crippen molar-refractivity contribution in [3.8, 4) is 0 Å². The smallest absolute Gasteiger partial charge is 0.302 e. The Balaban J connectivity index is 1.83. The van der Waals surface area contributed by atoms with E-state index in [-0.39, 0.29) is 18.0 Å². The van der Waals surface area contributed by atoms with Crippen molar-refractivity contribution in [1.82, 2.24) is 4.90 Å². The first-order valence-electron chi connectivity index (χ1n) is 8.68. The number of hydrogen-bond donors (Lipinski definition) is 0. The van der Waals surface area contributed by atoms with Gasteiger partial charge in [0, 0.05) is 31.3 Å². The van der Waals surface area contributed by atoms with E-state index in [0.717, 1.165) is 13.0 Å². The lowest BCUT2D eigenvalue weighted by atomic mass is 9.81. The minimum atomic E-state index is -0.177. The molecule has 2 aromatic carbocycles. The second-order valence-electron chi connectivity index (χ2n) is 6.95. The predicted octanol–water partition coefficient (Wildman–Crippen LogP) is 3.55. The van der Waals surface area contributed by atoms with Gasteiger partial charge in [0.15, 0.2) is 0 Å². The second kappa shape index (κ2) is 6.06. The van der Waals surface area contributed by atoms with Crippen molar-refractivity contribution in [2.75, 3.05) is 13.6 Å². The first kappa shape index (κ1) is 15.4. The summed E-state index contributed by atoms with van der Waals surface area (Å²) in [6.07, 6.45) is 0.867. The number of piperidine rings is 1. The zero-order valence-corrected chi connectivity index (χ0v) is 14.2. The number of benzene rings is 2. The molecule has 124 valence electrons. The maximum Gasteiger partial charge on any atom is 0.302 e. The summed E-state index contributed by atoms with van der Waals surface area (Å²) in [7, 11) is 2.20. The van der Waals surface area contributed by atoms with Gasteiger partial charge in [0.05, 0.1) is 0 Å². The molecule has 3 heteroatoms. The SMILES string of the molecule is CC(=O)O[C@@H]1CCN(C)[C@@H]2[C@H](c3ccccc3)c3ccccc3[C@@H]21. The van der Waals surface area contributed by atoms with Crippen LogP contribution in [0.1, 0.15) is 41.9 Å². The Morgan fingerprint density at radius 3 is 2.42 bits per heavy atom. The van der Waals surface area contributed by atoms with Crippen LogP contribution in [0.5, 0.6) is 0 Å². The van der Waals surface area contributed by atoms with Crippen LogP contribution < -0.4 is 0 Å². The first-order chi connectivity index (χ1) is 11.7. The topological polar surface area (TPSA) is 29.5 Å². The molecule has 0 unspecified atom stereocenters. The van der Waals surface area contributed by atoms with E-state index < -0.39 is 0 Å². The van der Waals surface area contributed by atoms with Crippen LogP contribution in [-0.2, 0) is 9.53 Å². The Morgan fingerprint density at radius 2 is 1.71 bits per heavy atom. The molecule has 1 heterocycles. The van der Waals surface area contributed by atoms with Crippen LogP contribution in [0.15, 0.2) is 54.6 Å². The van der Waals surface area contributed by atoms with Gasteiger partial charge in [-0.3, -0.25) is 4.79 Å². The number of carbonyl (C=O) groups excluding carboxylic acids is 1. The molecule has 0 aromatic heterocycles. The third-order valence-electron chi connectivity index (χ3n) is 5.55. The number of hydrogen-bond acceptors (Lipinski definition) is 3. The van der Waals surface area contributed by atoms with Gasteiger partial charge in [0.25, 0.3) is 0 Å². The van der Waals surface area contributed by atoms with Crippen molar-refractivity contribution < 1.29 is 9.53 Å². The van der Waals surface area contributed by atoms with E-state index in [9.17, 15) is 4.79 Å². The van der Waals surface area contributed by atoms with E-state index in [1.54, 1.807) is 0 Å². The van der Waals surface area contributed by atoms with Crippen molar-refractivity contribution in [2.45, 2.75) is 37.3 Å². The Bertz CT molecular complexity index is 743. The lowest BCUT2D eigenvalue weighted by molar-refractivity contribution is -0.150. The largest absolute Gasteiger partial charge is 0.462 e. The van der Waals surface area contributed by atoms with Crippen LogP contribution in [0, 0.1) is 0 Å². The number of nitrogens with zero attached hydrogens (tertiary/aromatic N) is 1. The fourth-order valence-corrected chi connectivity index (χ4v) is 4.66. The molecule has 1 aliphatic carbocycles. The normalized spacial score (nSPS) is 28.9. The van der Waals surface area contributed by atoms with E-state index in [2.05, 4.69) is 66.5 Å². The predicted molar refractivity (Wildman–Crippen MR) is 94.1 cm³/mol. The van der Waals surface area contributed by atoms with Crippen LogP contribution in [-0.4, -0.2) is 36.6 Å². The molecule has 24 heavy (non-hydrogen) atoms. The molecule has 1 aliphatic heterocycles. The lowest BCUT2D eigenvalue weighted by Gasteiger charge is -2.42. The summed E-state index contributed by atoms with van der Waals surface area (Å²) in [5, 5.41) is 0. The highest BCUT2D eigenvalue weighted by atomic mass is 16.5. The van der Waals surface area contributed by atoms with E-state index in [1.807, 2.05) is 0 Å². The number of fused-ring (bicyclic) bond motifs is 3. The minimum Gasteiger partial charge on any atom is -0.462 e. The molecule has 1 saturated heterocycles. The number of carbonyl (C=O) groups is 1. The number of rotatable bonds is 2. The van der Waals surface area contributed by atoms with Crippen molar-refractivity contribution >= 4 is 5.97 Å². The molecule has 2 aliphatic rings. The van der Waals surface area contributed by atoms with Gasteiger partial charge in [-0.15, -0.1) is 0 Å². The molecular formula is C21H23NO2. The Hall–Kier alpha value is -2.13. The Kier molecular flexibility index (Phi) is 3.89. The lowest BCUT2D eigenvalue weighted by Crippen LogP contribution is -2.49. The van der Waals surface area contributed by atoms with Crippen LogP contribution in [0.4, 0.5) is 0 Å². The van der Waals surface area contributed by atoms with E-state index in [1.165, 1.54) is 23.6 Å². The highest BCUT2D eigenvalue weighted by Crippen LogP contribution is 2.51. The van der Waals surface area contributed by atoms with Gasteiger partial charge in [-0.25, -0.2) is 0 Å². The van der Waals surface area contributed by atoms with E-state index in [0.29, 0.717) is 12.0 Å². The molecule has 0 saturated carbocycles. The molecule has 0 N–H and O–H groups in total. The van der Waals surface area contributed by atoms with Gasteiger partial charge in [0.1, 0.15) is 6.10 Å². The highest BCUT2D eigenvalue weighted by Gasteiger charge is 2.49. The van der Waals surface area contributed by atoms with Crippen LogP contribution >= 0.6 is 0 Å². The summed E-state index contributed by atoms with van der Waals surface area (Å²) in [6, 6.07) is 19.7. The number of ether oxygens (including phenoxy) is 1. The molecule has 0 radical (unpaired) electrons. The van der Waals surface area contributed by atoms with Crippen LogP contribution in [0.3, 0.4) is 0 Å². The number of likely N-dealkylation sites (tertiary alicyclic amines) is 1. The third kappa shape index (κ3) is 2.44. The molecule has 4 rings (SSSR count). The van der Waals surface area contributed by atoms with Gasteiger partial charge in [0.2, 0.25) is 0 Å². The van der Waals surface area contributed by atoms with Gasteiger partial charge in [-0.2, -0.15) is 0 Å². The van der Waals surface area contributed by atoms with Gasteiger partial charge >= 0.3 is 5.97 Å². The van der Waals surface area contributed by atoms with E-state index in [4.69, 9.17) is 4.74 Å². The zero-order chi connectivity index (χ0) is 16.7. The standard InChI is InChI=1S/C21H23NO2/c1-14(23)24-18-12-13-22(2)21-19(15-8-4-3-5-9-15)16-10-6-7-11-17(16)20(18)21/h3-11,18-21H,12-13H2,1-2H3/t18-,19-,20-,21-/m1/s1. The fourth-order valence-electron chi connectivity index (χ4n) is 4.66. The summed E-state index contributed by atoms with van der Waals surface area (Å²) in [6.45, 7) is 2.47. The second-order valence-corrected chi connectivity index (χ2v) is 6.95. The summed E-state index contributed by atoms with van der Waals surface area (Å²) < 4.78 is 5.73. The van der Waals surface area contributed by atoms with Crippen LogP contribution in [0.25, 0.3) is 0 Å². The maximum atomic E-state index is 11.6. The fraction of sp³-hybridized carbons (Fsp3) is 0.381. The molecular weight excluding hydrogens is 298 g/mol. The molecule has 3 nitrogen and oxygen atoms in total. The summed E-state index contributed by atoms with van der Waals surface area (Å²) in [4.78, 5) is 14.1. The maximum absolute atomic E-state index is 11.6. The zero-order valence-electron chi connectivity index (χ0n) is 14.2. The third-order valence-corrected chi connectivity index (χ3v) is 5.55. The average molecular weight is 321 g/mol. The van der Waals surface area contributed by atoms with Crippen molar-refractivity contribution in [1.29, 1.82) is 0 Å². The quantitative estimate of drug-likeness (QED) is 0.792. The van der Waals surface area contributed by atoms with Crippen molar-refractivity contribution in [3.05, 3.63) is 71.3 Å². The summed E-state index contributed by atoms with van der Waals surface area (Å²) in [5.74, 6) is 0.397. The summed E-state index contributed by atoms with van der Waals surface area (Å²) in [5.41, 5.74) is 4.06. The Morgan fingerprint density at radius 1 is 1.04 bits per heavy atom. The highest BCUT2D eigenvalue weighted by molar-refractivity contribution is 5.66. The van der Waals surface area contributed by atoms with Gasteiger partial charge in [-0.05, 0) is 30.2 Å². The first-order valence-corrected chi connectivity index (χ1v) is 8.68. The molecule has 2 aromatic rings. The Labute approximate surface area is 143 Å². The van der Waals surface area contributed by atoms with Gasteiger partial charge < -0.3 is 9.64 Å². The monoisotopic (exact) mass is 321 g/mol. The van der Waals surface area contributed by atoms with Crippen molar-refractivity contribution in [2.24, 2.45) is 0 Å². The molecule has 1 fully saturated rings. The van der Waals surface area contributed by atoms with Gasteiger partial charge in [-0.1, -0.05) is 54.6 Å². The summed E-state index contributed by atoms with van der Waals surface area (Å²) >= 11 is 0. The van der Waals surface area contributed by atoms with E-state index >= 15 is 0 Å². The van der Waals surface area contributed by atoms with Crippen molar-refractivity contribution in [3.63, 3.8) is 0 Å². The van der Waals surface area contributed by atoms with Crippen LogP contribution in [0.2, 0.25) is 0 Å². The molecule has 0 amide bonds. The molecule has 0 spiro atoms. The average Bonchev–Trinajstić information content (AvgIpc) is 2.94. The molecule has 4 atom stereocenters. The minimum absolute atomic E-state index is 0.0291. The molecule has 0 bridgehead atoms. The number of likely N-dealkylation sites (N-methyl/N-ethyl adjacent to an activating group) is 1. The number of esters is 1.